The van der Waals surface area contributed by atoms with Crippen LogP contribution < -0.4 is 4.90 Å². The number of anilines is 1. The summed E-state index contributed by atoms with van der Waals surface area (Å²) in [6.07, 6.45) is -10.0. The lowest BCUT2D eigenvalue weighted by atomic mass is 10.1. The molecule has 0 N–H and O–H groups in total. The third-order valence-electron chi connectivity index (χ3n) is 2.43. The van der Waals surface area contributed by atoms with Gasteiger partial charge in [-0.2, -0.15) is 26.3 Å². The second kappa shape index (κ2) is 3.54. The number of benzene rings is 1. The van der Waals surface area contributed by atoms with Crippen LogP contribution in [-0.4, -0.2) is 13.1 Å². The summed E-state index contributed by atoms with van der Waals surface area (Å²) < 4.78 is 74.8. The van der Waals surface area contributed by atoms with Crippen molar-refractivity contribution >= 4 is 5.69 Å². The summed E-state index contributed by atoms with van der Waals surface area (Å²) in [5.74, 6) is 0. The summed E-state index contributed by atoms with van der Waals surface area (Å²) in [5, 5.41) is 0. The Morgan fingerprint density at radius 3 is 1.76 bits per heavy atom. The summed E-state index contributed by atoms with van der Waals surface area (Å²) in [6, 6.07) is 2.09. The topological polar surface area (TPSA) is 3.01 Å². The molecule has 1 fully saturated rings. The van der Waals surface area contributed by atoms with Crippen LogP contribution in [0.15, 0.2) is 18.2 Å². The normalized spacial score (nSPS) is 16.2. The summed E-state index contributed by atoms with van der Waals surface area (Å²) in [6.45, 7) is 1.14. The molecule has 7 heteroatoms. The monoisotopic (exact) mass is 255 g/mol. The summed E-state index contributed by atoms with van der Waals surface area (Å²) in [4.78, 5) is 1.55. The van der Waals surface area contributed by atoms with Crippen molar-refractivity contribution in [2.24, 2.45) is 0 Å². The Balaban J connectivity index is 2.52. The molecule has 0 radical (unpaired) electrons. The molecule has 2 rings (SSSR count). The van der Waals surface area contributed by atoms with Crippen LogP contribution in [0.25, 0.3) is 0 Å². The molecule has 0 amide bonds. The molecule has 94 valence electrons. The first-order chi connectivity index (χ1) is 7.69. The van der Waals surface area contributed by atoms with Crippen LogP contribution >= 0.6 is 0 Å². The lowest BCUT2D eigenvalue weighted by Gasteiger charge is -2.16. The first-order valence-electron chi connectivity index (χ1n) is 4.73. The number of rotatable bonds is 1. The highest BCUT2D eigenvalue weighted by Gasteiger charge is 2.43. The predicted octanol–water partition coefficient (Wildman–Crippen LogP) is 3.54. The Morgan fingerprint density at radius 2 is 1.35 bits per heavy atom. The van der Waals surface area contributed by atoms with E-state index in [0.717, 1.165) is 6.07 Å². The molecule has 0 unspecified atom stereocenters. The van der Waals surface area contributed by atoms with Gasteiger partial charge in [-0.3, -0.25) is 0 Å². The van der Waals surface area contributed by atoms with Crippen molar-refractivity contribution < 1.29 is 26.3 Å². The van der Waals surface area contributed by atoms with E-state index < -0.39 is 23.5 Å². The van der Waals surface area contributed by atoms with Gasteiger partial charge in [-0.05, 0) is 18.2 Å². The van der Waals surface area contributed by atoms with E-state index in [0.29, 0.717) is 25.2 Å². The van der Waals surface area contributed by atoms with Crippen LogP contribution in [0.5, 0.6) is 0 Å². The van der Waals surface area contributed by atoms with Crippen molar-refractivity contribution in [2.45, 2.75) is 12.4 Å². The Labute approximate surface area is 92.6 Å². The predicted molar refractivity (Wildman–Crippen MR) is 48.7 cm³/mol. The smallest absolute Gasteiger partial charge is 0.368 e. The summed E-state index contributed by atoms with van der Waals surface area (Å²) in [7, 11) is 0. The maximum atomic E-state index is 12.5. The zero-order valence-corrected chi connectivity index (χ0v) is 8.36. The average molecular weight is 255 g/mol. The van der Waals surface area contributed by atoms with Crippen LogP contribution in [0, 0.1) is 0 Å². The Kier molecular flexibility index (Phi) is 2.52. The van der Waals surface area contributed by atoms with Gasteiger partial charge in [-0.25, -0.2) is 0 Å². The van der Waals surface area contributed by atoms with Crippen molar-refractivity contribution in [1.29, 1.82) is 0 Å². The van der Waals surface area contributed by atoms with Gasteiger partial charge in [0, 0.05) is 18.8 Å². The highest BCUT2D eigenvalue weighted by molar-refractivity contribution is 5.56. The number of hydrogen-bond acceptors (Lipinski definition) is 1. The molecular formula is C10H7F6N. The molecule has 0 saturated carbocycles. The molecule has 0 spiro atoms. The second-order valence-corrected chi connectivity index (χ2v) is 3.71. The van der Waals surface area contributed by atoms with E-state index in [1.807, 2.05) is 0 Å². The quantitative estimate of drug-likeness (QED) is 0.548. The van der Waals surface area contributed by atoms with Crippen LogP contribution in [0.1, 0.15) is 11.1 Å². The van der Waals surface area contributed by atoms with Gasteiger partial charge in [0.1, 0.15) is 0 Å². The Morgan fingerprint density at radius 1 is 0.824 bits per heavy atom. The number of hydrogen-bond donors (Lipinski definition) is 0. The van der Waals surface area contributed by atoms with E-state index in [2.05, 4.69) is 0 Å². The Bertz CT molecular complexity index is 429. The molecule has 0 bridgehead atoms. The molecular weight excluding hydrogens is 248 g/mol. The van der Waals surface area contributed by atoms with E-state index in [9.17, 15) is 26.3 Å². The van der Waals surface area contributed by atoms with Gasteiger partial charge in [-0.15, -0.1) is 0 Å². The highest BCUT2D eigenvalue weighted by Crippen LogP contribution is 2.42. The fraction of sp³-hybridized carbons (Fsp3) is 0.400. The van der Waals surface area contributed by atoms with Crippen molar-refractivity contribution in [3.8, 4) is 0 Å². The number of halogens is 6. The van der Waals surface area contributed by atoms with Crippen LogP contribution in [0.3, 0.4) is 0 Å². The van der Waals surface area contributed by atoms with E-state index >= 15 is 0 Å². The third-order valence-corrected chi connectivity index (χ3v) is 2.43. The minimum Gasteiger partial charge on any atom is -0.368 e. The van der Waals surface area contributed by atoms with E-state index in [-0.39, 0.29) is 5.69 Å². The van der Waals surface area contributed by atoms with Crippen LogP contribution in [0.4, 0.5) is 32.0 Å². The van der Waals surface area contributed by atoms with Gasteiger partial charge < -0.3 is 4.90 Å². The second-order valence-electron chi connectivity index (χ2n) is 3.71. The van der Waals surface area contributed by atoms with E-state index in [1.54, 1.807) is 4.90 Å². The zero-order chi connectivity index (χ0) is 12.8. The molecule has 17 heavy (non-hydrogen) atoms. The van der Waals surface area contributed by atoms with Crippen molar-refractivity contribution in [1.82, 2.24) is 0 Å². The van der Waals surface area contributed by atoms with E-state index in [4.69, 9.17) is 0 Å². The van der Waals surface area contributed by atoms with Crippen molar-refractivity contribution in [3.63, 3.8) is 0 Å². The summed E-state index contributed by atoms with van der Waals surface area (Å²) in [5.41, 5.74) is -3.10. The molecule has 1 aromatic rings. The molecule has 0 aliphatic carbocycles. The number of alkyl halides is 6. The first kappa shape index (κ1) is 12.1. The van der Waals surface area contributed by atoms with Crippen molar-refractivity contribution in [2.75, 3.05) is 18.0 Å². The van der Waals surface area contributed by atoms with Crippen LogP contribution in [0.2, 0.25) is 0 Å². The minimum absolute atomic E-state index is 0.172. The van der Waals surface area contributed by atoms with E-state index in [1.165, 1.54) is 0 Å². The largest absolute Gasteiger partial charge is 0.417 e. The molecule has 0 aromatic heterocycles. The first-order valence-corrected chi connectivity index (χ1v) is 4.73. The molecule has 1 aromatic carbocycles. The maximum absolute atomic E-state index is 12.5. The molecule has 0 atom stereocenters. The third kappa shape index (κ3) is 2.48. The van der Waals surface area contributed by atoms with Gasteiger partial charge in [0.2, 0.25) is 0 Å². The Hall–Kier alpha value is -1.40. The molecule has 1 nitrogen and oxygen atoms in total. The van der Waals surface area contributed by atoms with Gasteiger partial charge in [0.15, 0.2) is 0 Å². The van der Waals surface area contributed by atoms with Gasteiger partial charge in [0.25, 0.3) is 0 Å². The minimum atomic E-state index is -5.00. The number of nitrogens with zero attached hydrogens (tertiary/aromatic N) is 1. The van der Waals surface area contributed by atoms with Crippen molar-refractivity contribution in [3.05, 3.63) is 29.3 Å². The molecule has 1 saturated heterocycles. The molecule has 1 aliphatic rings. The maximum Gasteiger partial charge on any atom is 0.417 e. The lowest BCUT2D eigenvalue weighted by Crippen LogP contribution is -2.16. The van der Waals surface area contributed by atoms with Gasteiger partial charge in [0.05, 0.1) is 11.1 Å². The summed E-state index contributed by atoms with van der Waals surface area (Å²) >= 11 is 0. The lowest BCUT2D eigenvalue weighted by molar-refractivity contribution is -0.162. The highest BCUT2D eigenvalue weighted by atomic mass is 19.4. The standard InChI is InChI=1S/C10H7F6N/c11-9(12,13)7-2-1-6(17-3-4-17)5-8(7)10(14,15)16/h1-2,5H,3-4H2. The fourth-order valence-electron chi connectivity index (χ4n) is 1.52. The average Bonchev–Trinajstić information content (AvgIpc) is 2.97. The fourth-order valence-corrected chi connectivity index (χ4v) is 1.52. The molecule has 1 heterocycles. The molecule has 1 aliphatic heterocycles. The zero-order valence-electron chi connectivity index (χ0n) is 8.36. The van der Waals surface area contributed by atoms with Crippen LogP contribution in [-0.2, 0) is 12.4 Å². The van der Waals surface area contributed by atoms with Gasteiger partial charge >= 0.3 is 12.4 Å². The van der Waals surface area contributed by atoms with Gasteiger partial charge in [-0.1, -0.05) is 0 Å². The SMILES string of the molecule is FC(F)(F)c1ccc(N2CC2)cc1C(F)(F)F.